The molecule has 1 N–H and O–H groups in total. The van der Waals surface area contributed by atoms with Crippen molar-refractivity contribution in [2.24, 2.45) is 0 Å². The fraction of sp³-hybridized carbons (Fsp3) is 0.0526. The van der Waals surface area contributed by atoms with Gasteiger partial charge in [-0.2, -0.15) is 5.10 Å². The first-order valence-corrected chi connectivity index (χ1v) is 8.26. The third-order valence-electron chi connectivity index (χ3n) is 4.07. The van der Waals surface area contributed by atoms with Crippen molar-refractivity contribution < 1.29 is 13.6 Å². The summed E-state index contributed by atoms with van der Waals surface area (Å²) in [7, 11) is 0. The molecule has 0 aliphatic carbocycles. The molecule has 0 saturated carbocycles. The van der Waals surface area contributed by atoms with Gasteiger partial charge in [-0.3, -0.25) is 14.2 Å². The molecule has 7 nitrogen and oxygen atoms in total. The molecule has 2 heterocycles. The molecule has 4 rings (SSSR count). The third-order valence-corrected chi connectivity index (χ3v) is 4.07. The number of halogens is 2. The molecular weight excluding hydrogens is 368 g/mol. The van der Waals surface area contributed by atoms with Crippen LogP contribution in [0.4, 0.5) is 14.5 Å². The Hall–Kier alpha value is -3.88. The summed E-state index contributed by atoms with van der Waals surface area (Å²) >= 11 is 0. The van der Waals surface area contributed by atoms with Crippen LogP contribution in [-0.2, 0) is 11.3 Å². The largest absolute Gasteiger partial charge is 0.325 e. The Labute approximate surface area is 156 Å². The Morgan fingerprint density at radius 1 is 1.00 bits per heavy atom. The molecule has 1 amide bonds. The number of fused-ring (bicyclic) bond motifs is 1. The lowest BCUT2D eigenvalue weighted by molar-refractivity contribution is -0.116. The lowest BCUT2D eigenvalue weighted by atomic mass is 10.3. The van der Waals surface area contributed by atoms with Crippen molar-refractivity contribution in [3.63, 3.8) is 0 Å². The third kappa shape index (κ3) is 3.37. The van der Waals surface area contributed by atoms with E-state index in [1.807, 2.05) is 0 Å². The minimum atomic E-state index is -0.458. The summed E-state index contributed by atoms with van der Waals surface area (Å²) in [5.41, 5.74) is 0.826. The van der Waals surface area contributed by atoms with E-state index < -0.39 is 17.3 Å². The average Bonchev–Trinajstić information content (AvgIpc) is 3.11. The molecule has 140 valence electrons. The van der Waals surface area contributed by atoms with Crippen LogP contribution in [0.1, 0.15) is 0 Å². The van der Waals surface area contributed by atoms with E-state index in [1.165, 1.54) is 65.7 Å². The van der Waals surface area contributed by atoms with Crippen LogP contribution in [0.2, 0.25) is 0 Å². The van der Waals surface area contributed by atoms with E-state index in [0.29, 0.717) is 17.0 Å². The SMILES string of the molecule is O=C(Cn1cnc2c(cnn2-c2ccc(F)cc2)c1=O)Nc1ccc(F)cc1. The monoisotopic (exact) mass is 381 g/mol. The summed E-state index contributed by atoms with van der Waals surface area (Å²) in [5, 5.41) is 6.94. The number of hydrogen-bond acceptors (Lipinski definition) is 4. The van der Waals surface area contributed by atoms with Crippen molar-refractivity contribution in [2.45, 2.75) is 6.54 Å². The lowest BCUT2D eigenvalue weighted by Gasteiger charge is -2.08. The number of benzene rings is 2. The number of nitrogens with zero attached hydrogens (tertiary/aromatic N) is 4. The zero-order chi connectivity index (χ0) is 19.7. The van der Waals surface area contributed by atoms with Gasteiger partial charge in [0.15, 0.2) is 5.65 Å². The maximum atomic E-state index is 13.1. The number of anilines is 1. The predicted molar refractivity (Wildman–Crippen MR) is 98.1 cm³/mol. The minimum Gasteiger partial charge on any atom is -0.325 e. The van der Waals surface area contributed by atoms with E-state index in [2.05, 4.69) is 15.4 Å². The van der Waals surface area contributed by atoms with Crippen LogP contribution in [0.3, 0.4) is 0 Å². The molecule has 28 heavy (non-hydrogen) atoms. The number of carbonyl (C=O) groups is 1. The minimum absolute atomic E-state index is 0.224. The van der Waals surface area contributed by atoms with Crippen molar-refractivity contribution in [1.82, 2.24) is 19.3 Å². The van der Waals surface area contributed by atoms with Crippen molar-refractivity contribution in [1.29, 1.82) is 0 Å². The maximum Gasteiger partial charge on any atom is 0.264 e. The van der Waals surface area contributed by atoms with Gasteiger partial charge in [-0.15, -0.1) is 0 Å². The number of rotatable bonds is 4. The Bertz CT molecular complexity index is 1210. The summed E-state index contributed by atoms with van der Waals surface area (Å²) in [5.74, 6) is -1.26. The van der Waals surface area contributed by atoms with Crippen LogP contribution in [0.5, 0.6) is 0 Å². The van der Waals surface area contributed by atoms with Gasteiger partial charge in [-0.05, 0) is 48.5 Å². The molecule has 4 aromatic rings. The molecule has 0 saturated heterocycles. The highest BCUT2D eigenvalue weighted by atomic mass is 19.1. The van der Waals surface area contributed by atoms with Crippen LogP contribution in [-0.4, -0.2) is 25.2 Å². The molecule has 0 spiro atoms. The van der Waals surface area contributed by atoms with Crippen molar-refractivity contribution in [3.05, 3.63) is 83.0 Å². The zero-order valence-electron chi connectivity index (χ0n) is 14.3. The molecule has 9 heteroatoms. The van der Waals surface area contributed by atoms with E-state index in [4.69, 9.17) is 0 Å². The standard InChI is InChI=1S/C19H13F2N5O2/c20-12-1-5-14(6-2-12)24-17(27)10-25-11-22-18-16(19(25)28)9-23-26(18)15-7-3-13(21)4-8-15/h1-9,11H,10H2,(H,24,27). The predicted octanol–water partition coefficient (Wildman–Crippen LogP) is 2.50. The number of hydrogen-bond donors (Lipinski definition) is 1. The van der Waals surface area contributed by atoms with E-state index >= 15 is 0 Å². The van der Waals surface area contributed by atoms with Gasteiger partial charge in [0.05, 0.1) is 11.9 Å². The number of aromatic nitrogens is 4. The van der Waals surface area contributed by atoms with Crippen LogP contribution in [0, 0.1) is 11.6 Å². The summed E-state index contributed by atoms with van der Waals surface area (Å²) in [4.78, 5) is 29.0. The molecule has 0 aliphatic heterocycles. The molecule has 2 aromatic heterocycles. The molecule has 0 fully saturated rings. The Balaban J connectivity index is 1.60. The van der Waals surface area contributed by atoms with Crippen molar-refractivity contribution in [2.75, 3.05) is 5.32 Å². The number of nitrogens with one attached hydrogen (secondary N) is 1. The van der Waals surface area contributed by atoms with E-state index in [-0.39, 0.29) is 17.7 Å². The smallest absolute Gasteiger partial charge is 0.264 e. The summed E-state index contributed by atoms with van der Waals surface area (Å²) in [6, 6.07) is 10.9. The number of amides is 1. The van der Waals surface area contributed by atoms with Crippen LogP contribution in [0.15, 0.2) is 65.8 Å². The maximum absolute atomic E-state index is 13.1. The quantitative estimate of drug-likeness (QED) is 0.589. The Kier molecular flexibility index (Phi) is 4.40. The molecule has 2 aromatic carbocycles. The fourth-order valence-electron chi connectivity index (χ4n) is 2.72. The van der Waals surface area contributed by atoms with Crippen LogP contribution < -0.4 is 10.9 Å². The van der Waals surface area contributed by atoms with Gasteiger partial charge in [0.1, 0.15) is 29.9 Å². The molecule has 0 radical (unpaired) electrons. The fourth-order valence-corrected chi connectivity index (χ4v) is 2.72. The van der Waals surface area contributed by atoms with Gasteiger partial charge in [0.2, 0.25) is 5.91 Å². The van der Waals surface area contributed by atoms with Crippen molar-refractivity contribution in [3.8, 4) is 5.69 Å². The first-order valence-electron chi connectivity index (χ1n) is 8.26. The molecule has 0 atom stereocenters. The van der Waals surface area contributed by atoms with Gasteiger partial charge < -0.3 is 5.32 Å². The second-order valence-electron chi connectivity index (χ2n) is 6.00. The van der Waals surface area contributed by atoms with Gasteiger partial charge in [-0.25, -0.2) is 18.4 Å². The normalized spacial score (nSPS) is 10.9. The van der Waals surface area contributed by atoms with E-state index in [9.17, 15) is 18.4 Å². The van der Waals surface area contributed by atoms with Crippen LogP contribution >= 0.6 is 0 Å². The van der Waals surface area contributed by atoms with Crippen molar-refractivity contribution >= 4 is 22.6 Å². The molecular formula is C19H13F2N5O2. The topological polar surface area (TPSA) is 81.8 Å². The Morgan fingerprint density at radius 3 is 2.32 bits per heavy atom. The van der Waals surface area contributed by atoms with E-state index in [1.54, 1.807) is 0 Å². The highest BCUT2D eigenvalue weighted by Crippen LogP contribution is 2.14. The van der Waals surface area contributed by atoms with Gasteiger partial charge in [0, 0.05) is 5.69 Å². The van der Waals surface area contributed by atoms with Crippen LogP contribution in [0.25, 0.3) is 16.7 Å². The Morgan fingerprint density at radius 2 is 1.64 bits per heavy atom. The van der Waals surface area contributed by atoms with E-state index in [0.717, 1.165) is 4.57 Å². The summed E-state index contributed by atoms with van der Waals surface area (Å²) in [6.07, 6.45) is 2.60. The lowest BCUT2D eigenvalue weighted by Crippen LogP contribution is -2.27. The second-order valence-corrected chi connectivity index (χ2v) is 6.00. The first kappa shape index (κ1) is 17.5. The summed E-state index contributed by atoms with van der Waals surface area (Å²) < 4.78 is 28.6. The first-order chi connectivity index (χ1) is 13.5. The zero-order valence-corrected chi connectivity index (χ0v) is 14.3. The summed E-state index contributed by atoms with van der Waals surface area (Å²) in [6.45, 7) is -0.263. The van der Waals surface area contributed by atoms with Gasteiger partial charge >= 0.3 is 0 Å². The van der Waals surface area contributed by atoms with Gasteiger partial charge in [-0.1, -0.05) is 0 Å². The molecule has 0 aliphatic rings. The molecule has 0 bridgehead atoms. The van der Waals surface area contributed by atoms with Gasteiger partial charge in [0.25, 0.3) is 5.56 Å². The molecule has 0 unspecified atom stereocenters. The highest BCUT2D eigenvalue weighted by Gasteiger charge is 2.13. The average molecular weight is 381 g/mol. The number of carbonyl (C=O) groups excluding carboxylic acids is 1. The second kappa shape index (κ2) is 7.03. The highest BCUT2D eigenvalue weighted by molar-refractivity contribution is 5.90.